The van der Waals surface area contributed by atoms with Crippen molar-refractivity contribution in [1.82, 2.24) is 10.6 Å². The minimum atomic E-state index is -4.73. The van der Waals surface area contributed by atoms with Crippen molar-refractivity contribution in [3.05, 3.63) is 35.4 Å². The highest BCUT2D eigenvalue weighted by Crippen LogP contribution is 2.33. The Balaban J connectivity index is 1.85. The number of aromatic hydroxyl groups is 4. The van der Waals surface area contributed by atoms with Crippen LogP contribution in [0.2, 0.25) is 0 Å². The first-order chi connectivity index (χ1) is 16.1. The molecule has 2 aromatic rings. The molecule has 16 heteroatoms. The Morgan fingerprint density at radius 3 is 1.29 bits per heavy atom. The highest BCUT2D eigenvalue weighted by Gasteiger charge is 2.22. The van der Waals surface area contributed by atoms with Crippen molar-refractivity contribution in [2.24, 2.45) is 0 Å². The van der Waals surface area contributed by atoms with Gasteiger partial charge in [-0.3, -0.25) is 18.7 Å². The molecule has 192 valence electrons. The molecule has 0 spiro atoms. The molecule has 0 aliphatic rings. The minimum Gasteiger partial charge on any atom is -0.504 e. The molecule has 0 bridgehead atoms. The molecule has 0 unspecified atom stereocenters. The first kappa shape index (κ1) is 27.6. The van der Waals surface area contributed by atoms with Gasteiger partial charge < -0.3 is 31.1 Å². The lowest BCUT2D eigenvalue weighted by Crippen LogP contribution is -2.26. The van der Waals surface area contributed by atoms with Crippen LogP contribution in [0, 0.1) is 0 Å². The van der Waals surface area contributed by atoms with Crippen LogP contribution in [0.4, 0.5) is 0 Å². The fraction of sp³-hybridized carbons (Fsp3) is 0.263. The Labute approximate surface area is 199 Å². The average molecular weight is 535 g/mol. The van der Waals surface area contributed by atoms with Crippen molar-refractivity contribution in [1.29, 1.82) is 0 Å². The van der Waals surface area contributed by atoms with Gasteiger partial charge in [0.15, 0.2) is 23.0 Å². The van der Waals surface area contributed by atoms with E-state index in [1.807, 2.05) is 0 Å². The summed E-state index contributed by atoms with van der Waals surface area (Å²) < 4.78 is 62.9. The number of phenolic OH excluding ortho intramolecular Hbond substituents is 4. The van der Waals surface area contributed by atoms with Crippen LogP contribution in [-0.4, -0.2) is 71.3 Å². The zero-order valence-corrected chi connectivity index (χ0v) is 19.4. The maximum atomic E-state index is 12.2. The van der Waals surface area contributed by atoms with E-state index in [0.717, 1.165) is 0 Å². The standard InChI is InChI=1S/C19H22N2O12S2/c22-14-8-10(34(28,29)30)6-12(16(14)24)18(26)20-4-2-1-3-5-21-19(27)13-7-11(35(31,32)33)9-15(23)17(13)25/h6-9,22-25H,1-5H2,(H,20,26)(H,21,27)(H,28,29,30)(H,31,32,33). The summed E-state index contributed by atoms with van der Waals surface area (Å²) in [6, 6.07) is 2.55. The van der Waals surface area contributed by atoms with E-state index in [9.17, 15) is 46.9 Å². The largest absolute Gasteiger partial charge is 0.504 e. The van der Waals surface area contributed by atoms with Crippen molar-refractivity contribution in [2.75, 3.05) is 13.1 Å². The maximum Gasteiger partial charge on any atom is 0.294 e. The Morgan fingerprint density at radius 2 is 0.971 bits per heavy atom. The van der Waals surface area contributed by atoms with Gasteiger partial charge in [0.1, 0.15) is 0 Å². The smallest absolute Gasteiger partial charge is 0.294 e. The molecule has 35 heavy (non-hydrogen) atoms. The first-order valence-corrected chi connectivity index (χ1v) is 12.6. The number of amides is 2. The summed E-state index contributed by atoms with van der Waals surface area (Å²) in [6.07, 6.45) is 1.19. The van der Waals surface area contributed by atoms with Crippen LogP contribution in [-0.2, 0) is 20.2 Å². The van der Waals surface area contributed by atoms with E-state index >= 15 is 0 Å². The summed E-state index contributed by atoms with van der Waals surface area (Å²) in [7, 11) is -9.47. The van der Waals surface area contributed by atoms with E-state index in [0.29, 0.717) is 43.5 Å². The van der Waals surface area contributed by atoms with Crippen LogP contribution in [0.5, 0.6) is 23.0 Å². The van der Waals surface area contributed by atoms with Gasteiger partial charge in [0, 0.05) is 25.2 Å². The molecule has 0 radical (unpaired) electrons. The lowest BCUT2D eigenvalue weighted by molar-refractivity contribution is 0.0943. The molecule has 0 heterocycles. The second-order valence-corrected chi connectivity index (χ2v) is 10.0. The van der Waals surface area contributed by atoms with E-state index in [1.54, 1.807) is 0 Å². The van der Waals surface area contributed by atoms with Gasteiger partial charge in [0.2, 0.25) is 0 Å². The van der Waals surface area contributed by atoms with E-state index in [2.05, 4.69) is 10.6 Å². The Morgan fingerprint density at radius 1 is 0.629 bits per heavy atom. The zero-order valence-electron chi connectivity index (χ0n) is 17.8. The molecule has 0 aliphatic heterocycles. The number of unbranched alkanes of at least 4 members (excludes halogenated alkanes) is 2. The summed E-state index contributed by atoms with van der Waals surface area (Å²) in [6.45, 7) is 0.127. The van der Waals surface area contributed by atoms with Gasteiger partial charge in [0.05, 0.1) is 20.9 Å². The van der Waals surface area contributed by atoms with Crippen molar-refractivity contribution in [3.63, 3.8) is 0 Å². The van der Waals surface area contributed by atoms with Crippen LogP contribution >= 0.6 is 0 Å². The van der Waals surface area contributed by atoms with Crippen LogP contribution in [0.15, 0.2) is 34.1 Å². The van der Waals surface area contributed by atoms with Gasteiger partial charge in [-0.05, 0) is 31.4 Å². The number of rotatable bonds is 10. The average Bonchev–Trinajstić information content (AvgIpc) is 2.74. The normalized spacial score (nSPS) is 11.7. The summed E-state index contributed by atoms with van der Waals surface area (Å²) in [4.78, 5) is 22.8. The number of phenols is 4. The van der Waals surface area contributed by atoms with Gasteiger partial charge in [0.25, 0.3) is 32.1 Å². The SMILES string of the molecule is O=C(NCCCCCNC(=O)c1cc(S(=O)(=O)O)cc(O)c1O)c1cc(S(=O)(=O)O)cc(O)c1O. The minimum absolute atomic E-state index is 0.0636. The highest BCUT2D eigenvalue weighted by molar-refractivity contribution is 7.86. The van der Waals surface area contributed by atoms with Gasteiger partial charge in [-0.1, -0.05) is 0 Å². The third-order valence-electron chi connectivity index (χ3n) is 4.64. The van der Waals surface area contributed by atoms with Gasteiger partial charge in [-0.2, -0.15) is 16.8 Å². The number of carbonyl (C=O) groups is 2. The fourth-order valence-corrected chi connectivity index (χ4v) is 3.91. The molecule has 0 aromatic heterocycles. The fourth-order valence-electron chi connectivity index (χ4n) is 2.85. The van der Waals surface area contributed by atoms with Gasteiger partial charge in [-0.25, -0.2) is 0 Å². The number of benzene rings is 2. The molecule has 0 fully saturated rings. The summed E-state index contributed by atoms with van der Waals surface area (Å²) >= 11 is 0. The van der Waals surface area contributed by atoms with E-state index in [-0.39, 0.29) is 13.1 Å². The topological polar surface area (TPSA) is 248 Å². The van der Waals surface area contributed by atoms with Crippen molar-refractivity contribution in [2.45, 2.75) is 29.1 Å². The van der Waals surface area contributed by atoms with Crippen LogP contribution in [0.3, 0.4) is 0 Å². The van der Waals surface area contributed by atoms with Crippen molar-refractivity contribution >= 4 is 32.1 Å². The molecule has 0 aliphatic carbocycles. The molecule has 0 atom stereocenters. The number of carbonyl (C=O) groups excluding carboxylic acids is 2. The Hall–Kier alpha value is -3.60. The van der Waals surface area contributed by atoms with Crippen molar-refractivity contribution in [3.8, 4) is 23.0 Å². The predicted octanol–water partition coefficient (Wildman–Crippen LogP) is 0.333. The zero-order chi connectivity index (χ0) is 26.6. The second kappa shape index (κ2) is 10.8. The second-order valence-electron chi connectivity index (χ2n) is 7.20. The number of nitrogens with one attached hydrogen (secondary N) is 2. The molecular formula is C19H22N2O12S2. The molecule has 0 saturated carbocycles. The van der Waals surface area contributed by atoms with Crippen LogP contribution < -0.4 is 10.6 Å². The quantitative estimate of drug-likeness (QED) is 0.117. The first-order valence-electron chi connectivity index (χ1n) is 9.76. The molecular weight excluding hydrogens is 512 g/mol. The van der Waals surface area contributed by atoms with Crippen molar-refractivity contribution < 1.29 is 56.0 Å². The lowest BCUT2D eigenvalue weighted by Gasteiger charge is -2.10. The highest BCUT2D eigenvalue weighted by atomic mass is 32.2. The van der Waals surface area contributed by atoms with Crippen LogP contribution in [0.25, 0.3) is 0 Å². The molecule has 2 aromatic carbocycles. The molecule has 0 saturated heterocycles. The molecule has 2 rings (SSSR count). The summed E-state index contributed by atoms with van der Waals surface area (Å²) in [5.74, 6) is -5.39. The summed E-state index contributed by atoms with van der Waals surface area (Å²) in [5.41, 5.74) is -1.14. The number of hydrogen-bond donors (Lipinski definition) is 8. The molecule has 8 N–H and O–H groups in total. The Bertz CT molecular complexity index is 1250. The van der Waals surface area contributed by atoms with E-state index < -0.39 is 76.0 Å². The van der Waals surface area contributed by atoms with Gasteiger partial charge >= 0.3 is 0 Å². The number of hydrogen-bond acceptors (Lipinski definition) is 10. The molecule has 14 nitrogen and oxygen atoms in total. The predicted molar refractivity (Wildman–Crippen MR) is 118 cm³/mol. The lowest BCUT2D eigenvalue weighted by atomic mass is 10.1. The maximum absolute atomic E-state index is 12.2. The molecule has 2 amide bonds. The third-order valence-corrected chi connectivity index (χ3v) is 6.30. The monoisotopic (exact) mass is 534 g/mol. The van der Waals surface area contributed by atoms with E-state index in [4.69, 9.17) is 9.11 Å². The van der Waals surface area contributed by atoms with Crippen LogP contribution in [0.1, 0.15) is 40.0 Å². The summed E-state index contributed by atoms with van der Waals surface area (Å²) in [5, 5.41) is 43.4. The van der Waals surface area contributed by atoms with Gasteiger partial charge in [-0.15, -0.1) is 0 Å². The third kappa shape index (κ3) is 7.19. The Kier molecular flexibility index (Phi) is 8.50. The van der Waals surface area contributed by atoms with E-state index in [1.165, 1.54) is 0 Å².